The van der Waals surface area contributed by atoms with E-state index < -0.39 is 0 Å². The standard InChI is InChI=1S/C13H17ClO/c14-12-8-4-3-7-11(12)13(15)9-10-5-1-2-6-10/h3-4,7-8,10,13,15H,1-2,5-6,9H2. The third kappa shape index (κ3) is 2.73. The molecule has 1 saturated carbocycles. The van der Waals surface area contributed by atoms with Gasteiger partial charge in [0.15, 0.2) is 0 Å². The van der Waals surface area contributed by atoms with Crippen molar-refractivity contribution in [1.29, 1.82) is 0 Å². The molecule has 0 spiro atoms. The number of hydrogen-bond donors (Lipinski definition) is 1. The Balaban J connectivity index is 2.00. The van der Waals surface area contributed by atoms with E-state index in [0.29, 0.717) is 10.9 Å². The smallest absolute Gasteiger partial charge is 0.0807 e. The second-order valence-electron chi connectivity index (χ2n) is 4.42. The summed E-state index contributed by atoms with van der Waals surface area (Å²) < 4.78 is 0. The van der Waals surface area contributed by atoms with E-state index >= 15 is 0 Å². The molecule has 1 aliphatic carbocycles. The highest BCUT2D eigenvalue weighted by Crippen LogP contribution is 2.34. The van der Waals surface area contributed by atoms with Crippen molar-refractivity contribution < 1.29 is 5.11 Å². The van der Waals surface area contributed by atoms with E-state index in [2.05, 4.69) is 0 Å². The average molecular weight is 225 g/mol. The summed E-state index contributed by atoms with van der Waals surface area (Å²) in [6.07, 6.45) is 5.65. The van der Waals surface area contributed by atoms with Crippen LogP contribution in [0.15, 0.2) is 24.3 Å². The van der Waals surface area contributed by atoms with Crippen LogP contribution in [0, 0.1) is 5.92 Å². The molecule has 1 aromatic rings. The Morgan fingerprint density at radius 3 is 2.60 bits per heavy atom. The van der Waals surface area contributed by atoms with Crippen LogP contribution in [0.3, 0.4) is 0 Å². The van der Waals surface area contributed by atoms with Gasteiger partial charge in [-0.25, -0.2) is 0 Å². The van der Waals surface area contributed by atoms with Crippen molar-refractivity contribution in [2.75, 3.05) is 0 Å². The van der Waals surface area contributed by atoms with Gasteiger partial charge in [0.25, 0.3) is 0 Å². The van der Waals surface area contributed by atoms with E-state index in [4.69, 9.17) is 11.6 Å². The number of rotatable bonds is 3. The van der Waals surface area contributed by atoms with Crippen molar-refractivity contribution in [3.8, 4) is 0 Å². The minimum Gasteiger partial charge on any atom is -0.388 e. The molecule has 2 heteroatoms. The van der Waals surface area contributed by atoms with Crippen LogP contribution in [-0.4, -0.2) is 5.11 Å². The van der Waals surface area contributed by atoms with Gasteiger partial charge in [-0.3, -0.25) is 0 Å². The Kier molecular flexibility index (Phi) is 3.66. The van der Waals surface area contributed by atoms with Gasteiger partial charge in [0, 0.05) is 5.02 Å². The minimum absolute atomic E-state index is 0.387. The molecule has 0 saturated heterocycles. The minimum atomic E-state index is -0.387. The molecule has 1 fully saturated rings. The lowest BCUT2D eigenvalue weighted by atomic mass is 9.96. The van der Waals surface area contributed by atoms with Crippen LogP contribution in [0.1, 0.15) is 43.8 Å². The predicted octanol–water partition coefficient (Wildman–Crippen LogP) is 3.95. The van der Waals surface area contributed by atoms with Crippen LogP contribution in [0.25, 0.3) is 0 Å². The number of hydrogen-bond acceptors (Lipinski definition) is 1. The molecule has 1 unspecified atom stereocenters. The maximum atomic E-state index is 10.1. The first-order chi connectivity index (χ1) is 7.27. The van der Waals surface area contributed by atoms with Gasteiger partial charge in [0.2, 0.25) is 0 Å². The van der Waals surface area contributed by atoms with Gasteiger partial charge < -0.3 is 5.11 Å². The molecule has 15 heavy (non-hydrogen) atoms. The Labute approximate surface area is 96.1 Å². The van der Waals surface area contributed by atoms with Gasteiger partial charge in [-0.2, -0.15) is 0 Å². The third-order valence-electron chi connectivity index (χ3n) is 3.30. The zero-order chi connectivity index (χ0) is 10.7. The maximum Gasteiger partial charge on any atom is 0.0807 e. The second-order valence-corrected chi connectivity index (χ2v) is 4.83. The van der Waals surface area contributed by atoms with Crippen molar-refractivity contribution in [2.45, 2.75) is 38.2 Å². The number of aliphatic hydroxyl groups excluding tert-OH is 1. The van der Waals surface area contributed by atoms with Gasteiger partial charge in [-0.05, 0) is 24.0 Å². The van der Waals surface area contributed by atoms with E-state index in [0.717, 1.165) is 12.0 Å². The molecule has 1 aliphatic rings. The summed E-state index contributed by atoms with van der Waals surface area (Å²) in [7, 11) is 0. The fourth-order valence-electron chi connectivity index (χ4n) is 2.43. The van der Waals surface area contributed by atoms with Gasteiger partial charge in [-0.1, -0.05) is 55.5 Å². The maximum absolute atomic E-state index is 10.1. The Morgan fingerprint density at radius 2 is 1.93 bits per heavy atom. The number of aliphatic hydroxyl groups is 1. The first-order valence-electron chi connectivity index (χ1n) is 5.70. The SMILES string of the molecule is OC(CC1CCCC1)c1ccccc1Cl. The molecule has 0 aromatic heterocycles. The van der Waals surface area contributed by atoms with Crippen molar-refractivity contribution >= 4 is 11.6 Å². The zero-order valence-electron chi connectivity index (χ0n) is 8.82. The van der Waals surface area contributed by atoms with Crippen LogP contribution in [-0.2, 0) is 0 Å². The summed E-state index contributed by atoms with van der Waals surface area (Å²) in [5.41, 5.74) is 0.881. The van der Waals surface area contributed by atoms with E-state index in [9.17, 15) is 5.11 Å². The zero-order valence-corrected chi connectivity index (χ0v) is 9.58. The molecule has 0 aliphatic heterocycles. The molecule has 2 rings (SSSR count). The lowest BCUT2D eigenvalue weighted by molar-refractivity contribution is 0.145. The Morgan fingerprint density at radius 1 is 1.27 bits per heavy atom. The van der Waals surface area contributed by atoms with Gasteiger partial charge in [0.1, 0.15) is 0 Å². The number of benzene rings is 1. The lowest BCUT2D eigenvalue weighted by Crippen LogP contribution is -2.04. The van der Waals surface area contributed by atoms with Crippen molar-refractivity contribution in [2.24, 2.45) is 5.92 Å². The first kappa shape index (κ1) is 11.0. The van der Waals surface area contributed by atoms with Crippen LogP contribution in [0.2, 0.25) is 5.02 Å². The van der Waals surface area contributed by atoms with E-state index in [1.54, 1.807) is 0 Å². The van der Waals surface area contributed by atoms with Crippen molar-refractivity contribution in [3.63, 3.8) is 0 Å². The molecule has 82 valence electrons. The van der Waals surface area contributed by atoms with E-state index in [1.807, 2.05) is 24.3 Å². The van der Waals surface area contributed by atoms with Crippen LogP contribution < -0.4 is 0 Å². The average Bonchev–Trinajstić information content (AvgIpc) is 2.71. The van der Waals surface area contributed by atoms with E-state index in [1.165, 1.54) is 25.7 Å². The highest BCUT2D eigenvalue weighted by atomic mass is 35.5. The number of halogens is 1. The molecular weight excluding hydrogens is 208 g/mol. The summed E-state index contributed by atoms with van der Waals surface area (Å²) in [5, 5.41) is 10.8. The summed E-state index contributed by atoms with van der Waals surface area (Å²) in [4.78, 5) is 0. The summed E-state index contributed by atoms with van der Waals surface area (Å²) in [5.74, 6) is 0.691. The quantitative estimate of drug-likeness (QED) is 0.824. The second kappa shape index (κ2) is 5.00. The van der Waals surface area contributed by atoms with Gasteiger partial charge in [-0.15, -0.1) is 0 Å². The molecule has 1 N–H and O–H groups in total. The van der Waals surface area contributed by atoms with E-state index in [-0.39, 0.29) is 6.10 Å². The fraction of sp³-hybridized carbons (Fsp3) is 0.538. The molecule has 0 bridgehead atoms. The molecule has 1 aromatic carbocycles. The summed E-state index contributed by atoms with van der Waals surface area (Å²) in [6, 6.07) is 7.59. The Hall–Kier alpha value is -0.530. The molecule has 0 amide bonds. The molecule has 0 heterocycles. The third-order valence-corrected chi connectivity index (χ3v) is 3.64. The van der Waals surface area contributed by atoms with Crippen LogP contribution in [0.4, 0.5) is 0 Å². The molecule has 1 atom stereocenters. The van der Waals surface area contributed by atoms with Crippen molar-refractivity contribution in [1.82, 2.24) is 0 Å². The monoisotopic (exact) mass is 224 g/mol. The molecule has 1 nitrogen and oxygen atoms in total. The van der Waals surface area contributed by atoms with Gasteiger partial charge >= 0.3 is 0 Å². The first-order valence-corrected chi connectivity index (χ1v) is 6.07. The summed E-state index contributed by atoms with van der Waals surface area (Å²) >= 11 is 6.04. The lowest BCUT2D eigenvalue weighted by Gasteiger charge is -2.16. The highest BCUT2D eigenvalue weighted by molar-refractivity contribution is 6.31. The largest absolute Gasteiger partial charge is 0.388 e. The summed E-state index contributed by atoms with van der Waals surface area (Å²) in [6.45, 7) is 0. The topological polar surface area (TPSA) is 20.2 Å². The van der Waals surface area contributed by atoms with Crippen LogP contribution >= 0.6 is 11.6 Å². The van der Waals surface area contributed by atoms with Gasteiger partial charge in [0.05, 0.1) is 6.10 Å². The molecular formula is C13H17ClO. The molecule has 0 radical (unpaired) electrons. The fourth-order valence-corrected chi connectivity index (χ4v) is 2.70. The van der Waals surface area contributed by atoms with Crippen molar-refractivity contribution in [3.05, 3.63) is 34.9 Å². The highest BCUT2D eigenvalue weighted by Gasteiger charge is 2.20. The Bertz CT molecular complexity index is 318. The normalized spacial score (nSPS) is 19.3. The predicted molar refractivity (Wildman–Crippen MR) is 63.0 cm³/mol. The van der Waals surface area contributed by atoms with Crippen LogP contribution in [0.5, 0.6) is 0 Å².